The lowest BCUT2D eigenvalue weighted by Crippen LogP contribution is -2.08. The van der Waals surface area contributed by atoms with E-state index < -0.39 is 0 Å². The standard InChI is InChI=1S/C16H19ClN2/c1-2-19-15-9-4-3-8-14(15)18-16(19)11-12-6-5-7-13(17)10-12/h3-4,8-10,13H,2,5-7,11H2,1H3. The van der Waals surface area contributed by atoms with Crippen LogP contribution in [0.1, 0.15) is 32.0 Å². The Hall–Kier alpha value is -1.28. The molecular formula is C16H19ClN2. The summed E-state index contributed by atoms with van der Waals surface area (Å²) in [5, 5.41) is 0.211. The first-order chi connectivity index (χ1) is 9.28. The molecule has 1 unspecified atom stereocenters. The van der Waals surface area contributed by atoms with Gasteiger partial charge in [-0.1, -0.05) is 23.8 Å². The van der Waals surface area contributed by atoms with E-state index in [1.165, 1.54) is 23.3 Å². The summed E-state index contributed by atoms with van der Waals surface area (Å²) in [6, 6.07) is 8.36. The van der Waals surface area contributed by atoms with Gasteiger partial charge in [0.1, 0.15) is 5.82 Å². The Morgan fingerprint density at radius 1 is 1.37 bits per heavy atom. The van der Waals surface area contributed by atoms with Gasteiger partial charge < -0.3 is 4.57 Å². The number of nitrogens with zero attached hydrogens (tertiary/aromatic N) is 2. The van der Waals surface area contributed by atoms with Crippen LogP contribution >= 0.6 is 11.6 Å². The molecule has 3 rings (SSSR count). The van der Waals surface area contributed by atoms with E-state index in [-0.39, 0.29) is 5.38 Å². The van der Waals surface area contributed by atoms with Gasteiger partial charge in [0.2, 0.25) is 0 Å². The number of aryl methyl sites for hydroxylation is 1. The second-order valence-corrected chi connectivity index (χ2v) is 5.73. The van der Waals surface area contributed by atoms with Crippen molar-refractivity contribution in [3.05, 3.63) is 41.7 Å². The predicted molar refractivity (Wildman–Crippen MR) is 80.7 cm³/mol. The zero-order valence-electron chi connectivity index (χ0n) is 11.3. The normalized spacial score (nSPS) is 19.7. The smallest absolute Gasteiger partial charge is 0.113 e. The van der Waals surface area contributed by atoms with E-state index in [1.807, 2.05) is 6.07 Å². The Labute approximate surface area is 119 Å². The lowest BCUT2D eigenvalue weighted by molar-refractivity contribution is 0.668. The largest absolute Gasteiger partial charge is 0.328 e. The summed E-state index contributed by atoms with van der Waals surface area (Å²) in [6.07, 6.45) is 6.63. The van der Waals surface area contributed by atoms with Crippen LogP contribution in [-0.4, -0.2) is 14.9 Å². The molecular weight excluding hydrogens is 256 g/mol. The third kappa shape index (κ3) is 2.55. The molecule has 1 heterocycles. The van der Waals surface area contributed by atoms with Gasteiger partial charge in [0.25, 0.3) is 0 Å². The Morgan fingerprint density at radius 2 is 2.21 bits per heavy atom. The number of para-hydroxylation sites is 2. The molecule has 0 saturated carbocycles. The zero-order chi connectivity index (χ0) is 13.2. The van der Waals surface area contributed by atoms with Crippen molar-refractivity contribution in [2.75, 3.05) is 0 Å². The van der Waals surface area contributed by atoms with Crippen molar-refractivity contribution in [3.63, 3.8) is 0 Å². The molecule has 1 atom stereocenters. The molecule has 0 radical (unpaired) electrons. The fraction of sp³-hybridized carbons (Fsp3) is 0.438. The number of hydrogen-bond acceptors (Lipinski definition) is 1. The molecule has 0 N–H and O–H groups in total. The van der Waals surface area contributed by atoms with Gasteiger partial charge in [-0.3, -0.25) is 0 Å². The fourth-order valence-corrected chi connectivity index (χ4v) is 3.24. The molecule has 0 fully saturated rings. The molecule has 1 aliphatic rings. The van der Waals surface area contributed by atoms with Gasteiger partial charge in [0.15, 0.2) is 0 Å². The molecule has 0 aliphatic heterocycles. The maximum absolute atomic E-state index is 6.23. The molecule has 0 saturated heterocycles. The van der Waals surface area contributed by atoms with E-state index in [2.05, 4.69) is 35.8 Å². The van der Waals surface area contributed by atoms with Crippen molar-refractivity contribution in [3.8, 4) is 0 Å². The van der Waals surface area contributed by atoms with Crippen molar-refractivity contribution in [1.82, 2.24) is 9.55 Å². The molecule has 3 heteroatoms. The molecule has 1 aromatic carbocycles. The SMILES string of the molecule is CCn1c(CC2=CC(Cl)CCC2)nc2ccccc21. The molecule has 0 spiro atoms. The van der Waals surface area contributed by atoms with Crippen LogP contribution in [0, 0.1) is 0 Å². The first-order valence-corrected chi connectivity index (χ1v) is 7.49. The van der Waals surface area contributed by atoms with E-state index in [1.54, 1.807) is 0 Å². The van der Waals surface area contributed by atoms with Crippen LogP contribution in [0.4, 0.5) is 0 Å². The van der Waals surface area contributed by atoms with Gasteiger partial charge in [0, 0.05) is 13.0 Å². The molecule has 2 nitrogen and oxygen atoms in total. The van der Waals surface area contributed by atoms with Gasteiger partial charge in [-0.15, -0.1) is 11.6 Å². The average Bonchev–Trinajstić information content (AvgIpc) is 2.75. The van der Waals surface area contributed by atoms with E-state index in [0.29, 0.717) is 0 Å². The van der Waals surface area contributed by atoms with E-state index in [4.69, 9.17) is 16.6 Å². The minimum Gasteiger partial charge on any atom is -0.328 e. The Kier molecular flexibility index (Phi) is 3.61. The number of rotatable bonds is 3. The van der Waals surface area contributed by atoms with Gasteiger partial charge in [-0.25, -0.2) is 4.98 Å². The summed E-state index contributed by atoms with van der Waals surface area (Å²) in [6.45, 7) is 3.14. The highest BCUT2D eigenvalue weighted by atomic mass is 35.5. The van der Waals surface area contributed by atoms with Crippen LogP contribution < -0.4 is 0 Å². The molecule has 2 aromatic rings. The maximum Gasteiger partial charge on any atom is 0.113 e. The number of alkyl halides is 1. The Morgan fingerprint density at radius 3 is 3.00 bits per heavy atom. The quantitative estimate of drug-likeness (QED) is 0.602. The summed E-state index contributed by atoms with van der Waals surface area (Å²) in [7, 11) is 0. The molecule has 100 valence electrons. The van der Waals surface area contributed by atoms with Gasteiger partial charge >= 0.3 is 0 Å². The van der Waals surface area contributed by atoms with Crippen LogP contribution in [0.5, 0.6) is 0 Å². The first kappa shape index (κ1) is 12.7. The van der Waals surface area contributed by atoms with Crippen LogP contribution in [0.25, 0.3) is 11.0 Å². The first-order valence-electron chi connectivity index (χ1n) is 7.05. The number of halogens is 1. The molecule has 0 amide bonds. The monoisotopic (exact) mass is 274 g/mol. The predicted octanol–water partition coefficient (Wildman–Crippen LogP) is 4.32. The number of imidazole rings is 1. The van der Waals surface area contributed by atoms with E-state index in [0.717, 1.165) is 31.3 Å². The number of hydrogen-bond donors (Lipinski definition) is 0. The highest BCUT2D eigenvalue weighted by molar-refractivity contribution is 6.21. The third-order valence-electron chi connectivity index (χ3n) is 3.83. The highest BCUT2D eigenvalue weighted by Gasteiger charge is 2.15. The van der Waals surface area contributed by atoms with Crippen molar-refractivity contribution in [2.24, 2.45) is 0 Å². The molecule has 0 bridgehead atoms. The van der Waals surface area contributed by atoms with Crippen molar-refractivity contribution in [1.29, 1.82) is 0 Å². The Bertz CT molecular complexity index is 612. The molecule has 1 aromatic heterocycles. The Balaban J connectivity index is 1.96. The number of benzene rings is 1. The van der Waals surface area contributed by atoms with Gasteiger partial charge in [0.05, 0.1) is 16.4 Å². The topological polar surface area (TPSA) is 17.8 Å². The minimum absolute atomic E-state index is 0.211. The lowest BCUT2D eigenvalue weighted by Gasteiger charge is -2.16. The summed E-state index contributed by atoms with van der Waals surface area (Å²) in [4.78, 5) is 4.78. The molecule has 1 aliphatic carbocycles. The van der Waals surface area contributed by atoms with E-state index in [9.17, 15) is 0 Å². The van der Waals surface area contributed by atoms with Crippen molar-refractivity contribution in [2.45, 2.75) is 44.5 Å². The summed E-state index contributed by atoms with van der Waals surface area (Å²) >= 11 is 6.23. The van der Waals surface area contributed by atoms with Crippen molar-refractivity contribution < 1.29 is 0 Å². The summed E-state index contributed by atoms with van der Waals surface area (Å²) in [5.74, 6) is 1.17. The van der Waals surface area contributed by atoms with Crippen LogP contribution in [0.3, 0.4) is 0 Å². The second kappa shape index (κ2) is 5.38. The summed E-state index contributed by atoms with van der Waals surface area (Å²) in [5.41, 5.74) is 3.77. The van der Waals surface area contributed by atoms with Gasteiger partial charge in [-0.05, 0) is 38.3 Å². The number of aromatic nitrogens is 2. The molecule has 19 heavy (non-hydrogen) atoms. The maximum atomic E-state index is 6.23. The highest BCUT2D eigenvalue weighted by Crippen LogP contribution is 2.25. The van der Waals surface area contributed by atoms with E-state index >= 15 is 0 Å². The van der Waals surface area contributed by atoms with Crippen LogP contribution in [-0.2, 0) is 13.0 Å². The number of allylic oxidation sites excluding steroid dienone is 2. The van der Waals surface area contributed by atoms with Crippen LogP contribution in [0.2, 0.25) is 0 Å². The third-order valence-corrected chi connectivity index (χ3v) is 4.17. The zero-order valence-corrected chi connectivity index (χ0v) is 12.0. The van der Waals surface area contributed by atoms with Crippen LogP contribution in [0.15, 0.2) is 35.9 Å². The second-order valence-electron chi connectivity index (χ2n) is 5.17. The van der Waals surface area contributed by atoms with Crippen molar-refractivity contribution >= 4 is 22.6 Å². The fourth-order valence-electron chi connectivity index (χ4n) is 2.91. The summed E-state index contributed by atoms with van der Waals surface area (Å²) < 4.78 is 2.31. The lowest BCUT2D eigenvalue weighted by atomic mass is 9.96. The average molecular weight is 275 g/mol. The number of fused-ring (bicyclic) bond motifs is 1. The van der Waals surface area contributed by atoms with Gasteiger partial charge in [-0.2, -0.15) is 0 Å². The minimum atomic E-state index is 0.211.